The topological polar surface area (TPSA) is 175 Å². The molecule has 0 spiro atoms. The Hall–Kier alpha value is -2.95. The van der Waals surface area contributed by atoms with Crippen LogP contribution in [-0.4, -0.2) is 98.3 Å². The number of aliphatic hydroxyl groups is 2. The zero-order chi connectivity index (χ0) is 30.3. The van der Waals surface area contributed by atoms with Gasteiger partial charge in [0.15, 0.2) is 34.7 Å². The number of phenolic OH excluding ortho intramolecular Hbond substituents is 1. The van der Waals surface area contributed by atoms with E-state index in [2.05, 4.69) is 0 Å². The highest BCUT2D eigenvalue weighted by atomic mass is 32.2. The van der Waals surface area contributed by atoms with Crippen LogP contribution >= 0.6 is 11.8 Å². The van der Waals surface area contributed by atoms with Crippen molar-refractivity contribution in [1.29, 1.82) is 0 Å². The average Bonchev–Trinajstić information content (AvgIpc) is 2.82. The summed E-state index contributed by atoms with van der Waals surface area (Å²) in [7, 11) is 2.49. The third-order valence-electron chi connectivity index (χ3n) is 7.92. The van der Waals surface area contributed by atoms with Crippen molar-refractivity contribution in [3.05, 3.63) is 29.3 Å². The van der Waals surface area contributed by atoms with Crippen LogP contribution in [0.5, 0.6) is 5.75 Å². The summed E-state index contributed by atoms with van der Waals surface area (Å²) in [5.41, 5.74) is 0.988. The number of hydrogen-bond acceptors (Lipinski definition) is 10. The molecule has 2 unspecified atom stereocenters. The van der Waals surface area contributed by atoms with Crippen molar-refractivity contribution in [2.24, 2.45) is 29.4 Å². The van der Waals surface area contributed by atoms with Crippen LogP contribution in [0.2, 0.25) is 0 Å². The molecular weight excluding hydrogens is 571 g/mol. The lowest BCUT2D eigenvalue weighted by molar-refractivity contribution is -0.237. The summed E-state index contributed by atoms with van der Waals surface area (Å²) in [6, 6.07) is 1.57. The van der Waals surface area contributed by atoms with E-state index in [4.69, 9.17) is 5.73 Å². The first-order chi connectivity index (χ1) is 18.3. The molecule has 0 aliphatic heterocycles. The Labute approximate surface area is 226 Å². The van der Waals surface area contributed by atoms with Crippen molar-refractivity contribution < 1.29 is 61.2 Å². The molecule has 0 radical (unpaired) electrons. The van der Waals surface area contributed by atoms with Crippen molar-refractivity contribution in [3.8, 4) is 5.75 Å². The number of Topliss-reactive ketones (excluding diaryl/α,β-unsaturated/α-hetero) is 4. The summed E-state index contributed by atoms with van der Waals surface area (Å²) in [4.78, 5) is 66.9. The van der Waals surface area contributed by atoms with Gasteiger partial charge in [-0.25, -0.2) is 0 Å². The first-order valence-electron chi connectivity index (χ1n) is 11.7. The minimum Gasteiger partial charge on any atom is -0.507 e. The summed E-state index contributed by atoms with van der Waals surface area (Å²) in [5, 5.41) is 28.2. The van der Waals surface area contributed by atoms with Crippen LogP contribution in [0.15, 0.2) is 18.2 Å². The average molecular weight is 595 g/mol. The zero-order valence-corrected chi connectivity index (χ0v) is 21.5. The van der Waals surface area contributed by atoms with Crippen LogP contribution in [0.1, 0.15) is 21.8 Å². The van der Waals surface area contributed by atoms with E-state index in [0.717, 1.165) is 17.0 Å². The Balaban J connectivity index is 1.94. The number of benzene rings is 1. The maximum absolute atomic E-state index is 13.9. The molecule has 4 rings (SSSR count). The fraction of sp³-hybridized carbons (Fsp3) is 0.542. The number of carbonyl (C=O) groups excluding carboxylic acids is 5. The molecule has 3 aliphatic carbocycles. The van der Waals surface area contributed by atoms with Crippen LogP contribution < -0.4 is 5.73 Å². The predicted octanol–water partition coefficient (Wildman–Crippen LogP) is 0.267. The maximum Gasteiger partial charge on any atom is 0.464 e. The molecule has 1 aromatic carbocycles. The summed E-state index contributed by atoms with van der Waals surface area (Å²) in [5.74, 6) is -19.1. The number of primary amides is 1. The molecule has 10 nitrogen and oxygen atoms in total. The molecule has 1 amide bonds. The molecule has 5 N–H and O–H groups in total. The number of amides is 1. The zero-order valence-electron chi connectivity index (χ0n) is 20.7. The van der Waals surface area contributed by atoms with E-state index in [1.807, 2.05) is 0 Å². The molecule has 1 aromatic rings. The van der Waals surface area contributed by atoms with Gasteiger partial charge in [0, 0.05) is 17.6 Å². The molecule has 218 valence electrons. The number of ketones is 4. The fourth-order valence-corrected chi connectivity index (χ4v) is 7.20. The number of hydrogen-bond donors (Lipinski definition) is 4. The standard InChI is InChI=1S/C24H23F5N2O8S/c1-31(2)15-14-17(34)11-8(6-40-24(28,29)23(25,26)27)7-4-3-5-9(32)10(7)16(33)12(11)19(36)22(14,39)20(37)13(18(15)35)21(30)38/h3-5,8,11-15,17,32,34,39H,6H2,1-2H3,(H2,30,38)/t8-,11+,12?,13?,14+,15-,17-,22-/m1/s1. The second kappa shape index (κ2) is 9.56. The lowest BCUT2D eigenvalue weighted by Gasteiger charge is -2.56. The van der Waals surface area contributed by atoms with Crippen molar-refractivity contribution in [1.82, 2.24) is 4.90 Å². The largest absolute Gasteiger partial charge is 0.507 e. The van der Waals surface area contributed by atoms with Gasteiger partial charge in [-0.1, -0.05) is 23.9 Å². The van der Waals surface area contributed by atoms with Crippen LogP contribution in [0.25, 0.3) is 0 Å². The lowest BCUT2D eigenvalue weighted by atomic mass is 9.49. The highest BCUT2D eigenvalue weighted by Crippen LogP contribution is 2.56. The molecule has 0 bridgehead atoms. The molecule has 8 atom stereocenters. The Morgan fingerprint density at radius 3 is 2.23 bits per heavy atom. The van der Waals surface area contributed by atoms with E-state index in [1.54, 1.807) is 0 Å². The number of aliphatic hydroxyl groups excluding tert-OH is 1. The number of likely N-dealkylation sites (N-methyl/N-ethyl adjacent to an activating group) is 1. The number of thioether (sulfide) groups is 1. The predicted molar refractivity (Wildman–Crippen MR) is 125 cm³/mol. The summed E-state index contributed by atoms with van der Waals surface area (Å²) in [6.45, 7) is 0. The Morgan fingerprint density at radius 1 is 1.10 bits per heavy atom. The third kappa shape index (κ3) is 4.06. The second-order valence-electron chi connectivity index (χ2n) is 10.3. The van der Waals surface area contributed by atoms with Gasteiger partial charge in [-0.05, 0) is 25.7 Å². The number of carbonyl (C=O) groups is 5. The lowest BCUT2D eigenvalue weighted by Crippen LogP contribution is -2.77. The molecule has 40 heavy (non-hydrogen) atoms. The minimum atomic E-state index is -5.98. The Morgan fingerprint density at radius 2 is 1.70 bits per heavy atom. The van der Waals surface area contributed by atoms with Gasteiger partial charge in [0.1, 0.15) is 5.75 Å². The number of aromatic hydroxyl groups is 1. The van der Waals surface area contributed by atoms with Crippen LogP contribution in [0, 0.1) is 23.7 Å². The molecule has 2 fully saturated rings. The van der Waals surface area contributed by atoms with E-state index in [1.165, 1.54) is 20.2 Å². The number of fused-ring (bicyclic) bond motifs is 3. The van der Waals surface area contributed by atoms with E-state index < -0.39 is 117 Å². The number of nitrogens with zero attached hydrogens (tertiary/aromatic N) is 1. The summed E-state index contributed by atoms with van der Waals surface area (Å²) >= 11 is -0.879. The van der Waals surface area contributed by atoms with Gasteiger partial charge in [-0.3, -0.25) is 28.9 Å². The van der Waals surface area contributed by atoms with Crippen molar-refractivity contribution in [2.45, 2.75) is 35.1 Å². The van der Waals surface area contributed by atoms with Crippen molar-refractivity contribution >= 4 is 40.8 Å². The first-order valence-corrected chi connectivity index (χ1v) is 12.7. The monoisotopic (exact) mass is 594 g/mol. The highest BCUT2D eigenvalue weighted by molar-refractivity contribution is 8.00. The fourth-order valence-electron chi connectivity index (χ4n) is 6.24. The van der Waals surface area contributed by atoms with Crippen LogP contribution in [-0.2, 0) is 19.2 Å². The molecule has 0 saturated heterocycles. The normalized spacial score (nSPS) is 34.4. The van der Waals surface area contributed by atoms with E-state index >= 15 is 0 Å². The molecule has 16 heteroatoms. The van der Waals surface area contributed by atoms with Crippen LogP contribution in [0.4, 0.5) is 22.0 Å². The first kappa shape index (κ1) is 30.0. The Kier molecular flexibility index (Phi) is 7.18. The quantitative estimate of drug-likeness (QED) is 0.274. The van der Waals surface area contributed by atoms with Gasteiger partial charge in [0.05, 0.1) is 29.5 Å². The maximum atomic E-state index is 13.9. The van der Waals surface area contributed by atoms with Gasteiger partial charge in [-0.2, -0.15) is 22.0 Å². The van der Waals surface area contributed by atoms with Gasteiger partial charge in [0.25, 0.3) is 0 Å². The van der Waals surface area contributed by atoms with Gasteiger partial charge >= 0.3 is 11.4 Å². The van der Waals surface area contributed by atoms with Gasteiger partial charge in [0.2, 0.25) is 5.91 Å². The number of rotatable bonds is 5. The minimum absolute atomic E-state index is 0.251. The molecule has 3 aliphatic rings. The molecule has 0 aromatic heterocycles. The molecule has 0 heterocycles. The molecular formula is C24H23F5N2O8S. The summed E-state index contributed by atoms with van der Waals surface area (Å²) < 4.78 is 66.8. The number of nitrogens with two attached hydrogens (primary N) is 1. The van der Waals surface area contributed by atoms with E-state index in [-0.39, 0.29) is 5.56 Å². The van der Waals surface area contributed by atoms with Crippen molar-refractivity contribution in [3.63, 3.8) is 0 Å². The second-order valence-corrected chi connectivity index (χ2v) is 11.4. The van der Waals surface area contributed by atoms with E-state index in [0.29, 0.717) is 0 Å². The SMILES string of the molecule is CN(C)[C@H]1C(=O)C(C(N)=O)C(=O)[C@]2(O)C(=O)C3C(=O)c4c(O)cccc4[C@@H](CSC(F)(F)C(F)(F)F)[C@@H]3[C@@H](O)[C@H]12. The molecule has 2 saturated carbocycles. The van der Waals surface area contributed by atoms with Crippen molar-refractivity contribution in [2.75, 3.05) is 19.8 Å². The van der Waals surface area contributed by atoms with Crippen LogP contribution in [0.3, 0.4) is 0 Å². The third-order valence-corrected chi connectivity index (χ3v) is 9.04. The van der Waals surface area contributed by atoms with E-state index in [9.17, 15) is 61.2 Å². The number of alkyl halides is 5. The Bertz CT molecular complexity index is 1320. The number of phenols is 1. The summed E-state index contributed by atoms with van der Waals surface area (Å²) in [6.07, 6.45) is -8.17. The number of halogens is 5. The smallest absolute Gasteiger partial charge is 0.464 e. The highest BCUT2D eigenvalue weighted by Gasteiger charge is 2.73. The van der Waals surface area contributed by atoms with Gasteiger partial charge in [-0.15, -0.1) is 0 Å². The van der Waals surface area contributed by atoms with Gasteiger partial charge < -0.3 is 21.1 Å².